The van der Waals surface area contributed by atoms with Gasteiger partial charge in [0, 0.05) is 44.8 Å². The smallest absolute Gasteiger partial charge is 0.261 e. The first-order valence-electron chi connectivity index (χ1n) is 13.0. The van der Waals surface area contributed by atoms with Gasteiger partial charge in [-0.15, -0.1) is 0 Å². The van der Waals surface area contributed by atoms with E-state index in [2.05, 4.69) is 10.6 Å². The zero-order valence-corrected chi connectivity index (χ0v) is 23.3. The molecule has 0 spiro atoms. The molecule has 0 unspecified atom stereocenters. The molecule has 2 N–H and O–H groups in total. The van der Waals surface area contributed by atoms with E-state index in [0.29, 0.717) is 56.2 Å². The highest BCUT2D eigenvalue weighted by atomic mass is 16.2. The maximum atomic E-state index is 12.7. The van der Waals surface area contributed by atoms with Crippen molar-refractivity contribution < 1.29 is 28.8 Å². The maximum absolute atomic E-state index is 12.7. The van der Waals surface area contributed by atoms with Crippen molar-refractivity contribution in [2.75, 3.05) is 20.4 Å². The van der Waals surface area contributed by atoms with E-state index in [9.17, 15) is 28.8 Å². The van der Waals surface area contributed by atoms with Crippen LogP contribution in [0.15, 0.2) is 95.1 Å². The van der Waals surface area contributed by atoms with Gasteiger partial charge in [-0.3, -0.25) is 28.8 Å². The van der Waals surface area contributed by atoms with Crippen molar-refractivity contribution in [1.82, 2.24) is 0 Å². The van der Waals surface area contributed by atoms with Crippen molar-refractivity contribution in [2.24, 2.45) is 0 Å². The molecule has 2 aliphatic heterocycles. The Hall–Kier alpha value is -5.64. The van der Waals surface area contributed by atoms with E-state index in [0.717, 1.165) is 9.80 Å². The van der Waals surface area contributed by atoms with E-state index in [1.807, 2.05) is 0 Å². The number of amides is 6. The number of imide groups is 2. The molecule has 6 amide bonds. The number of carbonyl (C=O) groups is 6. The number of nitrogens with one attached hydrogen (secondary N) is 2. The molecule has 3 aromatic carbocycles. The van der Waals surface area contributed by atoms with Crippen LogP contribution in [0.2, 0.25) is 0 Å². The number of nitrogens with zero attached hydrogens (tertiary/aromatic N) is 2. The minimum absolute atomic E-state index is 0.332. The van der Waals surface area contributed by atoms with Crippen LogP contribution >= 0.6 is 0 Å². The fourth-order valence-corrected chi connectivity index (χ4v) is 4.53. The molecule has 0 fully saturated rings. The number of hydrogen-bond donors (Lipinski definition) is 2. The predicted molar refractivity (Wildman–Crippen MR) is 157 cm³/mol. The minimum atomic E-state index is -0.390. The second-order valence-electron chi connectivity index (χ2n) is 9.97. The molecule has 2 aliphatic rings. The third-order valence-electron chi connectivity index (χ3n) is 7.40. The third kappa shape index (κ3) is 4.90. The lowest BCUT2D eigenvalue weighted by atomic mass is 10.1. The molecule has 0 atom stereocenters. The molecule has 0 aliphatic carbocycles. The van der Waals surface area contributed by atoms with E-state index >= 15 is 0 Å². The lowest BCUT2D eigenvalue weighted by Gasteiger charge is -2.15. The number of hydrogen-bond acceptors (Lipinski definition) is 6. The summed E-state index contributed by atoms with van der Waals surface area (Å²) in [5, 5.41) is 5.53. The van der Waals surface area contributed by atoms with Crippen molar-refractivity contribution >= 4 is 58.2 Å². The molecule has 0 radical (unpaired) electrons. The Kier molecular flexibility index (Phi) is 7.13. The summed E-state index contributed by atoms with van der Waals surface area (Å²) in [5.74, 6) is -2.29. The summed E-state index contributed by atoms with van der Waals surface area (Å²) in [6.45, 7) is 6.42. The molecule has 5 rings (SSSR count). The molecule has 210 valence electrons. The minimum Gasteiger partial charge on any atom is -0.322 e. The summed E-state index contributed by atoms with van der Waals surface area (Å²) in [4.78, 5) is 77.2. The Balaban J connectivity index is 1.18. The van der Waals surface area contributed by atoms with Crippen LogP contribution in [0.1, 0.15) is 48.4 Å². The SMILES string of the molecule is CC1=C(C)C(=O)N(c2ccc(C(=O)Nc3ccc(NC(=O)c4ccc(N5C(=O)C(C)=C(C)C5=O)cc4)cc3)cc2)C1=O. The van der Waals surface area contributed by atoms with Crippen LogP contribution in [-0.4, -0.2) is 35.4 Å². The fraction of sp³-hybridized carbons (Fsp3) is 0.125. The van der Waals surface area contributed by atoms with E-state index < -0.39 is 11.8 Å². The summed E-state index contributed by atoms with van der Waals surface area (Å²) in [5.41, 5.74) is 4.00. The second-order valence-corrected chi connectivity index (χ2v) is 9.97. The fourth-order valence-electron chi connectivity index (χ4n) is 4.53. The van der Waals surface area contributed by atoms with Gasteiger partial charge >= 0.3 is 0 Å². The third-order valence-corrected chi connectivity index (χ3v) is 7.40. The van der Waals surface area contributed by atoms with Gasteiger partial charge in [0.15, 0.2) is 0 Å². The molecular formula is C32H26N4O6. The zero-order chi connectivity index (χ0) is 30.3. The van der Waals surface area contributed by atoms with Gasteiger partial charge in [-0.1, -0.05) is 0 Å². The summed E-state index contributed by atoms with van der Waals surface area (Å²) in [6, 6.07) is 18.8. The highest BCUT2D eigenvalue weighted by molar-refractivity contribution is 6.33. The first-order valence-corrected chi connectivity index (χ1v) is 13.0. The van der Waals surface area contributed by atoms with E-state index in [4.69, 9.17) is 0 Å². The molecular weight excluding hydrogens is 536 g/mol. The first kappa shape index (κ1) is 27.9. The van der Waals surface area contributed by atoms with Crippen LogP contribution in [0.3, 0.4) is 0 Å². The Bertz CT molecular complexity index is 1570. The molecule has 42 heavy (non-hydrogen) atoms. The Morgan fingerprint density at radius 3 is 0.976 bits per heavy atom. The highest BCUT2D eigenvalue weighted by Gasteiger charge is 2.35. The van der Waals surface area contributed by atoms with Crippen molar-refractivity contribution in [2.45, 2.75) is 27.7 Å². The van der Waals surface area contributed by atoms with Crippen LogP contribution in [0, 0.1) is 0 Å². The van der Waals surface area contributed by atoms with Crippen LogP contribution in [-0.2, 0) is 19.2 Å². The summed E-state index contributed by atoms with van der Waals surface area (Å²) >= 11 is 0. The van der Waals surface area contributed by atoms with Crippen LogP contribution in [0.25, 0.3) is 0 Å². The van der Waals surface area contributed by atoms with E-state index in [1.165, 1.54) is 24.3 Å². The lowest BCUT2D eigenvalue weighted by molar-refractivity contribution is -0.122. The Morgan fingerprint density at radius 2 is 0.714 bits per heavy atom. The Labute approximate surface area is 241 Å². The van der Waals surface area contributed by atoms with Gasteiger partial charge in [-0.25, -0.2) is 9.80 Å². The van der Waals surface area contributed by atoms with Gasteiger partial charge in [0.25, 0.3) is 35.4 Å². The van der Waals surface area contributed by atoms with Crippen LogP contribution in [0.5, 0.6) is 0 Å². The van der Waals surface area contributed by atoms with Crippen molar-refractivity contribution in [3.63, 3.8) is 0 Å². The molecule has 0 bridgehead atoms. The van der Waals surface area contributed by atoms with Crippen molar-refractivity contribution in [3.8, 4) is 0 Å². The molecule has 3 aromatic rings. The standard InChI is InChI=1S/C32H26N4O6/c1-17-18(2)30(40)35(29(17)39)25-13-5-21(6-14-25)27(37)33-23-9-11-24(12-10-23)34-28(38)22-7-15-26(16-8-22)36-31(41)19(3)20(4)32(36)42/h5-16H,1-4H3,(H,33,37)(H,34,38). The number of benzene rings is 3. The quantitative estimate of drug-likeness (QED) is 0.422. The predicted octanol–water partition coefficient (Wildman–Crippen LogP) is 4.61. The molecule has 2 heterocycles. The van der Waals surface area contributed by atoms with Gasteiger partial charge in [-0.05, 0) is 100 Å². The van der Waals surface area contributed by atoms with E-state index in [-0.39, 0.29) is 23.6 Å². The average Bonchev–Trinajstić information content (AvgIpc) is 3.31. The summed E-state index contributed by atoms with van der Waals surface area (Å²) < 4.78 is 0. The average molecular weight is 563 g/mol. The first-order chi connectivity index (χ1) is 20.0. The van der Waals surface area contributed by atoms with Crippen molar-refractivity contribution in [1.29, 1.82) is 0 Å². The molecule has 0 saturated carbocycles. The zero-order valence-electron chi connectivity index (χ0n) is 23.3. The van der Waals surface area contributed by atoms with Gasteiger partial charge in [0.1, 0.15) is 0 Å². The lowest BCUT2D eigenvalue weighted by Crippen LogP contribution is -2.31. The molecule has 0 saturated heterocycles. The van der Waals surface area contributed by atoms with Crippen LogP contribution in [0.4, 0.5) is 22.7 Å². The molecule has 0 aromatic heterocycles. The monoisotopic (exact) mass is 562 g/mol. The Morgan fingerprint density at radius 1 is 0.452 bits per heavy atom. The van der Waals surface area contributed by atoms with Gasteiger partial charge in [0.2, 0.25) is 0 Å². The number of anilines is 4. The molecule has 10 nitrogen and oxygen atoms in total. The normalized spacial score (nSPS) is 15.2. The summed E-state index contributed by atoms with van der Waals surface area (Å²) in [6.07, 6.45) is 0. The van der Waals surface area contributed by atoms with Gasteiger partial charge in [-0.2, -0.15) is 0 Å². The number of carbonyl (C=O) groups excluding carboxylic acids is 6. The second kappa shape index (κ2) is 10.7. The van der Waals surface area contributed by atoms with E-state index in [1.54, 1.807) is 76.2 Å². The highest BCUT2D eigenvalue weighted by Crippen LogP contribution is 2.28. The van der Waals surface area contributed by atoms with Crippen molar-refractivity contribution in [3.05, 3.63) is 106 Å². The number of rotatable bonds is 6. The van der Waals surface area contributed by atoms with Crippen LogP contribution < -0.4 is 20.4 Å². The van der Waals surface area contributed by atoms with Gasteiger partial charge in [0.05, 0.1) is 11.4 Å². The summed E-state index contributed by atoms with van der Waals surface area (Å²) in [7, 11) is 0. The maximum Gasteiger partial charge on any atom is 0.261 e. The topological polar surface area (TPSA) is 133 Å². The molecule has 10 heteroatoms. The van der Waals surface area contributed by atoms with Gasteiger partial charge < -0.3 is 10.6 Å². The largest absolute Gasteiger partial charge is 0.322 e.